The number of benzene rings is 1. The average molecular weight is 291 g/mol. The van der Waals surface area contributed by atoms with Crippen LogP contribution in [0, 0.1) is 0 Å². The van der Waals surface area contributed by atoms with E-state index in [1.807, 2.05) is 30.8 Å². The van der Waals surface area contributed by atoms with Crippen molar-refractivity contribution in [2.24, 2.45) is 5.73 Å². The third kappa shape index (κ3) is 3.04. The van der Waals surface area contributed by atoms with Gasteiger partial charge in [-0.25, -0.2) is 0 Å². The lowest BCUT2D eigenvalue weighted by atomic mass is 9.88. The molecule has 1 atom stereocenters. The Labute approximate surface area is 124 Å². The monoisotopic (exact) mass is 291 g/mol. The van der Waals surface area contributed by atoms with Crippen LogP contribution in [0.1, 0.15) is 33.1 Å². The molecular formula is C15H21N3OS. The largest absolute Gasteiger partial charge is 0.338 e. The topological polar surface area (TPSA) is 64.9 Å². The first-order valence-electron chi connectivity index (χ1n) is 6.90. The van der Waals surface area contributed by atoms with Gasteiger partial charge in [0.25, 0.3) is 0 Å². The predicted octanol–water partition coefficient (Wildman–Crippen LogP) is 3.48. The molecule has 0 aliphatic rings. The van der Waals surface area contributed by atoms with Crippen molar-refractivity contribution in [3.63, 3.8) is 0 Å². The molecular weight excluding hydrogens is 270 g/mol. The normalized spacial score (nSPS) is 14.2. The Kier molecular flexibility index (Phi) is 4.83. The van der Waals surface area contributed by atoms with E-state index in [1.165, 1.54) is 4.90 Å². The molecule has 0 saturated carbocycles. The summed E-state index contributed by atoms with van der Waals surface area (Å²) in [6.45, 7) is 6.76. The highest BCUT2D eigenvalue weighted by molar-refractivity contribution is 7.99. The van der Waals surface area contributed by atoms with Gasteiger partial charge >= 0.3 is 0 Å². The second-order valence-corrected chi connectivity index (χ2v) is 6.34. The Morgan fingerprint density at radius 2 is 1.95 bits per heavy atom. The molecule has 20 heavy (non-hydrogen) atoms. The molecule has 0 aliphatic carbocycles. The summed E-state index contributed by atoms with van der Waals surface area (Å²) in [7, 11) is 0. The Hall–Kier alpha value is -1.33. The summed E-state index contributed by atoms with van der Waals surface area (Å²) in [6.07, 6.45) is 0.872. The molecule has 0 bridgehead atoms. The molecule has 5 heteroatoms. The molecule has 0 saturated heterocycles. The molecule has 1 aromatic heterocycles. The van der Waals surface area contributed by atoms with Crippen molar-refractivity contribution in [1.82, 2.24) is 10.1 Å². The summed E-state index contributed by atoms with van der Waals surface area (Å²) < 4.78 is 5.40. The molecule has 2 rings (SSSR count). The SMILES string of the molecule is CCSc1ccc(-c2noc(C(C)(CC)CN)n2)cc1. The van der Waals surface area contributed by atoms with E-state index in [0.29, 0.717) is 18.3 Å². The summed E-state index contributed by atoms with van der Waals surface area (Å²) in [4.78, 5) is 5.76. The Morgan fingerprint density at radius 3 is 2.50 bits per heavy atom. The first-order chi connectivity index (χ1) is 9.62. The number of thioether (sulfide) groups is 1. The van der Waals surface area contributed by atoms with E-state index in [2.05, 4.69) is 36.1 Å². The molecule has 2 aromatic rings. The highest BCUT2D eigenvalue weighted by Crippen LogP contribution is 2.28. The molecule has 0 aliphatic heterocycles. The smallest absolute Gasteiger partial charge is 0.234 e. The van der Waals surface area contributed by atoms with Crippen LogP contribution in [0.2, 0.25) is 0 Å². The zero-order valence-corrected chi connectivity index (χ0v) is 13.0. The van der Waals surface area contributed by atoms with E-state index < -0.39 is 0 Å². The van der Waals surface area contributed by atoms with E-state index >= 15 is 0 Å². The lowest BCUT2D eigenvalue weighted by Gasteiger charge is -2.20. The number of nitrogens with two attached hydrogens (primary N) is 1. The van der Waals surface area contributed by atoms with E-state index in [1.54, 1.807) is 0 Å². The molecule has 0 amide bonds. The van der Waals surface area contributed by atoms with Crippen LogP contribution in [-0.4, -0.2) is 22.4 Å². The van der Waals surface area contributed by atoms with Crippen molar-refractivity contribution in [2.75, 3.05) is 12.3 Å². The van der Waals surface area contributed by atoms with Gasteiger partial charge in [-0.1, -0.05) is 19.0 Å². The van der Waals surface area contributed by atoms with E-state index in [9.17, 15) is 0 Å². The number of hydrogen-bond acceptors (Lipinski definition) is 5. The summed E-state index contributed by atoms with van der Waals surface area (Å²) in [5, 5.41) is 4.08. The zero-order valence-electron chi connectivity index (χ0n) is 12.2. The summed E-state index contributed by atoms with van der Waals surface area (Å²) in [5.74, 6) is 2.31. The number of nitrogens with zero attached hydrogens (tertiary/aromatic N) is 2. The maximum absolute atomic E-state index is 5.82. The van der Waals surface area contributed by atoms with E-state index in [0.717, 1.165) is 17.7 Å². The summed E-state index contributed by atoms with van der Waals surface area (Å²) >= 11 is 1.82. The van der Waals surface area contributed by atoms with Crippen LogP contribution < -0.4 is 5.73 Å². The van der Waals surface area contributed by atoms with Crippen molar-refractivity contribution in [3.8, 4) is 11.4 Å². The van der Waals surface area contributed by atoms with Crippen molar-refractivity contribution in [2.45, 2.75) is 37.5 Å². The minimum atomic E-state index is -0.247. The van der Waals surface area contributed by atoms with E-state index in [4.69, 9.17) is 10.3 Å². The second-order valence-electron chi connectivity index (χ2n) is 5.00. The van der Waals surface area contributed by atoms with Gasteiger partial charge in [0.05, 0.1) is 5.41 Å². The predicted molar refractivity (Wildman–Crippen MR) is 82.8 cm³/mol. The van der Waals surface area contributed by atoms with Gasteiger partial charge in [0.1, 0.15) is 0 Å². The molecule has 0 radical (unpaired) electrons. The zero-order chi connectivity index (χ0) is 14.6. The van der Waals surface area contributed by atoms with Crippen LogP contribution in [0.15, 0.2) is 33.7 Å². The van der Waals surface area contributed by atoms with Gasteiger partial charge in [-0.3, -0.25) is 0 Å². The molecule has 2 N–H and O–H groups in total. The third-order valence-electron chi connectivity index (χ3n) is 3.60. The standard InChI is InChI=1S/C15H21N3OS/c1-4-15(3,10-16)14-17-13(18-19-14)11-6-8-12(9-7-11)20-5-2/h6-9H,4-5,10,16H2,1-3H3. The van der Waals surface area contributed by atoms with Crippen LogP contribution in [0.5, 0.6) is 0 Å². The molecule has 1 aromatic carbocycles. The first kappa shape index (κ1) is 15.1. The molecule has 108 valence electrons. The first-order valence-corrected chi connectivity index (χ1v) is 7.89. The lowest BCUT2D eigenvalue weighted by molar-refractivity contribution is 0.291. The fourth-order valence-electron chi connectivity index (χ4n) is 1.84. The van der Waals surface area contributed by atoms with Gasteiger partial charge in [-0.2, -0.15) is 4.98 Å². The molecule has 4 nitrogen and oxygen atoms in total. The Balaban J connectivity index is 2.24. The van der Waals surface area contributed by atoms with Gasteiger partial charge in [0.2, 0.25) is 11.7 Å². The highest BCUT2D eigenvalue weighted by atomic mass is 32.2. The van der Waals surface area contributed by atoms with Crippen molar-refractivity contribution in [1.29, 1.82) is 0 Å². The molecule has 1 unspecified atom stereocenters. The Morgan fingerprint density at radius 1 is 1.25 bits per heavy atom. The maximum Gasteiger partial charge on any atom is 0.234 e. The minimum absolute atomic E-state index is 0.247. The van der Waals surface area contributed by atoms with Crippen molar-refractivity contribution >= 4 is 11.8 Å². The molecule has 0 fully saturated rings. The number of hydrogen-bond donors (Lipinski definition) is 1. The quantitative estimate of drug-likeness (QED) is 0.825. The molecule has 1 heterocycles. The highest BCUT2D eigenvalue weighted by Gasteiger charge is 2.29. The maximum atomic E-state index is 5.82. The van der Waals surface area contributed by atoms with Gasteiger partial charge in [-0.15, -0.1) is 11.8 Å². The third-order valence-corrected chi connectivity index (χ3v) is 4.49. The lowest BCUT2D eigenvalue weighted by Crippen LogP contribution is -2.31. The average Bonchev–Trinajstić information content (AvgIpc) is 2.98. The van der Waals surface area contributed by atoms with Crippen LogP contribution in [0.3, 0.4) is 0 Å². The van der Waals surface area contributed by atoms with Crippen molar-refractivity contribution < 1.29 is 4.52 Å². The van der Waals surface area contributed by atoms with Crippen molar-refractivity contribution in [3.05, 3.63) is 30.2 Å². The Bertz CT molecular complexity index is 547. The molecule has 0 spiro atoms. The fourth-order valence-corrected chi connectivity index (χ4v) is 2.50. The minimum Gasteiger partial charge on any atom is -0.338 e. The fraction of sp³-hybridized carbons (Fsp3) is 0.467. The van der Waals surface area contributed by atoms with E-state index in [-0.39, 0.29) is 5.41 Å². The van der Waals surface area contributed by atoms with Crippen LogP contribution in [0.4, 0.5) is 0 Å². The van der Waals surface area contributed by atoms with Gasteiger partial charge in [-0.05, 0) is 43.4 Å². The van der Waals surface area contributed by atoms with Gasteiger partial charge < -0.3 is 10.3 Å². The number of rotatable bonds is 6. The van der Waals surface area contributed by atoms with Crippen LogP contribution in [0.25, 0.3) is 11.4 Å². The van der Waals surface area contributed by atoms with Gasteiger partial charge in [0, 0.05) is 17.0 Å². The van der Waals surface area contributed by atoms with Crippen LogP contribution in [-0.2, 0) is 5.41 Å². The summed E-state index contributed by atoms with van der Waals surface area (Å²) in [6, 6.07) is 8.22. The number of aromatic nitrogens is 2. The van der Waals surface area contributed by atoms with Gasteiger partial charge in [0.15, 0.2) is 0 Å². The summed E-state index contributed by atoms with van der Waals surface area (Å²) in [5.41, 5.74) is 6.54. The second kappa shape index (κ2) is 6.41. The van der Waals surface area contributed by atoms with Crippen LogP contribution >= 0.6 is 11.8 Å².